The van der Waals surface area contributed by atoms with Gasteiger partial charge in [0.15, 0.2) is 11.8 Å². The smallest absolute Gasteiger partial charge is 0.246 e. The van der Waals surface area contributed by atoms with Gasteiger partial charge in [0.25, 0.3) is 0 Å². The van der Waals surface area contributed by atoms with E-state index < -0.39 is 0 Å². The molecule has 0 bridgehead atoms. The van der Waals surface area contributed by atoms with E-state index in [1.54, 1.807) is 7.05 Å². The normalized spacial score (nSPS) is 12.9. The molecular weight excluding hydrogens is 386 g/mol. The number of hydrogen-bond donors (Lipinski definition) is 1. The van der Waals surface area contributed by atoms with Crippen LogP contribution in [0.3, 0.4) is 0 Å². The lowest BCUT2D eigenvalue weighted by Gasteiger charge is -2.21. The number of hydrogen-bond acceptors (Lipinski definition) is 5. The first kappa shape index (κ1) is 19.4. The number of aliphatic imine (C=N–C) groups is 1. The summed E-state index contributed by atoms with van der Waals surface area (Å²) in [6, 6.07) is 8.21. The molecule has 0 fully saturated rings. The van der Waals surface area contributed by atoms with Crippen molar-refractivity contribution in [1.82, 2.24) is 20.4 Å². The lowest BCUT2D eigenvalue weighted by atomic mass is 10.2. The maximum absolute atomic E-state index is 5.46. The minimum Gasteiger partial charge on any atom is -0.371 e. The molecule has 0 aliphatic carbocycles. The third kappa shape index (κ3) is 5.82. The van der Waals surface area contributed by atoms with E-state index >= 15 is 0 Å². The number of halogens is 1. The van der Waals surface area contributed by atoms with Gasteiger partial charge in [0.2, 0.25) is 5.89 Å². The first-order valence-electron chi connectivity index (χ1n) is 8.13. The zero-order valence-corrected chi connectivity index (χ0v) is 16.6. The molecule has 0 radical (unpaired) electrons. The monoisotopic (exact) mass is 409 g/mol. The summed E-state index contributed by atoms with van der Waals surface area (Å²) in [5.41, 5.74) is 1.19. The summed E-state index contributed by atoms with van der Waals surface area (Å²) in [4.78, 5) is 10.7. The zero-order valence-electron chi connectivity index (χ0n) is 15.0. The number of ether oxygens (including phenoxy) is 1. The standard InChI is InChI=1S/C17H24BrN5O2/c1-5-24-12(2)16-21-15(25-22-16)10-20-17(19-3)23(4)11-13-6-8-14(18)9-7-13/h6-9,12H,5,10-11H2,1-4H3,(H,19,20). The molecular formula is C17H24BrN5O2. The summed E-state index contributed by atoms with van der Waals surface area (Å²) < 4.78 is 11.8. The fourth-order valence-electron chi connectivity index (χ4n) is 2.31. The van der Waals surface area contributed by atoms with Crippen molar-refractivity contribution in [2.75, 3.05) is 20.7 Å². The largest absolute Gasteiger partial charge is 0.371 e. The highest BCUT2D eigenvalue weighted by Crippen LogP contribution is 2.13. The highest BCUT2D eigenvalue weighted by Gasteiger charge is 2.14. The van der Waals surface area contributed by atoms with E-state index in [9.17, 15) is 0 Å². The molecule has 2 rings (SSSR count). The second-order valence-electron chi connectivity index (χ2n) is 5.53. The van der Waals surface area contributed by atoms with Gasteiger partial charge in [-0.15, -0.1) is 0 Å². The van der Waals surface area contributed by atoms with Crippen molar-refractivity contribution >= 4 is 21.9 Å². The van der Waals surface area contributed by atoms with Crippen molar-refractivity contribution in [2.45, 2.75) is 33.0 Å². The Bertz CT molecular complexity index is 687. The first-order chi connectivity index (χ1) is 12.0. The second kappa shape index (κ2) is 9.53. The predicted molar refractivity (Wildman–Crippen MR) is 100 cm³/mol. The van der Waals surface area contributed by atoms with Crippen molar-refractivity contribution in [3.63, 3.8) is 0 Å². The van der Waals surface area contributed by atoms with Gasteiger partial charge < -0.3 is 19.5 Å². The highest BCUT2D eigenvalue weighted by atomic mass is 79.9. The van der Waals surface area contributed by atoms with Crippen molar-refractivity contribution in [3.05, 3.63) is 46.0 Å². The van der Waals surface area contributed by atoms with Crippen LogP contribution in [0.5, 0.6) is 0 Å². The molecule has 0 amide bonds. The van der Waals surface area contributed by atoms with Crippen LogP contribution in [0.4, 0.5) is 0 Å². The number of aromatic nitrogens is 2. The SMILES string of the molecule is CCOC(C)c1noc(CNC(=NC)N(C)Cc2ccc(Br)cc2)n1. The molecule has 8 heteroatoms. The molecule has 0 aliphatic heterocycles. The van der Waals surface area contributed by atoms with Gasteiger partial charge in [-0.1, -0.05) is 33.2 Å². The van der Waals surface area contributed by atoms with Crippen LogP contribution >= 0.6 is 15.9 Å². The topological polar surface area (TPSA) is 75.8 Å². The number of nitrogens with zero attached hydrogens (tertiary/aromatic N) is 4. The number of nitrogens with one attached hydrogen (secondary N) is 1. The average molecular weight is 410 g/mol. The molecule has 1 unspecified atom stereocenters. The Balaban J connectivity index is 1.90. The van der Waals surface area contributed by atoms with Gasteiger partial charge in [0, 0.05) is 31.7 Å². The second-order valence-corrected chi connectivity index (χ2v) is 6.44. The quantitative estimate of drug-likeness (QED) is 0.559. The third-order valence-corrected chi connectivity index (χ3v) is 4.10. The third-order valence-electron chi connectivity index (χ3n) is 3.57. The molecule has 1 N–H and O–H groups in total. The summed E-state index contributed by atoms with van der Waals surface area (Å²) in [5, 5.41) is 7.18. The molecule has 1 heterocycles. The summed E-state index contributed by atoms with van der Waals surface area (Å²) >= 11 is 3.44. The van der Waals surface area contributed by atoms with Crippen LogP contribution in [-0.4, -0.2) is 41.7 Å². The van der Waals surface area contributed by atoms with Crippen molar-refractivity contribution in [3.8, 4) is 0 Å². The van der Waals surface area contributed by atoms with E-state index in [1.165, 1.54) is 5.56 Å². The summed E-state index contributed by atoms with van der Waals surface area (Å²) in [6.07, 6.45) is -0.179. The lowest BCUT2D eigenvalue weighted by Crippen LogP contribution is -2.38. The number of guanidine groups is 1. The van der Waals surface area contributed by atoms with Crippen molar-refractivity contribution < 1.29 is 9.26 Å². The van der Waals surface area contributed by atoms with E-state index in [-0.39, 0.29) is 6.10 Å². The van der Waals surface area contributed by atoms with Crippen LogP contribution < -0.4 is 5.32 Å². The molecule has 0 saturated carbocycles. The highest BCUT2D eigenvalue weighted by molar-refractivity contribution is 9.10. The fraction of sp³-hybridized carbons (Fsp3) is 0.471. The molecule has 0 aliphatic rings. The molecule has 7 nitrogen and oxygen atoms in total. The maximum atomic E-state index is 5.46. The summed E-state index contributed by atoms with van der Waals surface area (Å²) in [5.74, 6) is 1.80. The Labute approximate surface area is 156 Å². The van der Waals surface area contributed by atoms with Crippen LogP contribution in [0.15, 0.2) is 38.3 Å². The molecule has 0 spiro atoms. The Kier molecular flexibility index (Phi) is 7.39. The summed E-state index contributed by atoms with van der Waals surface area (Å²) in [7, 11) is 3.73. The molecule has 136 valence electrons. The van der Waals surface area contributed by atoms with Crippen molar-refractivity contribution in [2.24, 2.45) is 4.99 Å². The molecule has 25 heavy (non-hydrogen) atoms. The maximum Gasteiger partial charge on any atom is 0.246 e. The van der Waals surface area contributed by atoms with Crippen LogP contribution in [0.1, 0.15) is 37.2 Å². The predicted octanol–water partition coefficient (Wildman–Crippen LogP) is 3.14. The number of rotatable bonds is 7. The van der Waals surface area contributed by atoms with E-state index in [1.807, 2.05) is 37.9 Å². The van der Waals surface area contributed by atoms with Crippen LogP contribution in [0.2, 0.25) is 0 Å². The first-order valence-corrected chi connectivity index (χ1v) is 8.93. The Morgan fingerprint density at radius 2 is 2.12 bits per heavy atom. The van der Waals surface area contributed by atoms with Crippen LogP contribution in [0.25, 0.3) is 0 Å². The van der Waals surface area contributed by atoms with E-state index in [0.717, 1.165) is 17.0 Å². The Hall–Kier alpha value is -1.93. The molecule has 1 aromatic carbocycles. The van der Waals surface area contributed by atoms with Gasteiger partial charge in [-0.05, 0) is 31.5 Å². The molecule has 1 aromatic heterocycles. The fourth-order valence-corrected chi connectivity index (χ4v) is 2.57. The van der Waals surface area contributed by atoms with Gasteiger partial charge in [-0.2, -0.15) is 4.98 Å². The van der Waals surface area contributed by atoms with E-state index in [4.69, 9.17) is 9.26 Å². The van der Waals surface area contributed by atoms with Crippen molar-refractivity contribution in [1.29, 1.82) is 0 Å². The lowest BCUT2D eigenvalue weighted by molar-refractivity contribution is 0.0683. The average Bonchev–Trinajstić information content (AvgIpc) is 3.07. The van der Waals surface area contributed by atoms with E-state index in [0.29, 0.717) is 24.9 Å². The van der Waals surface area contributed by atoms with Crippen LogP contribution in [0, 0.1) is 0 Å². The summed E-state index contributed by atoms with van der Waals surface area (Å²) in [6.45, 7) is 5.59. The van der Waals surface area contributed by atoms with Gasteiger partial charge in [0.1, 0.15) is 6.10 Å². The Morgan fingerprint density at radius 3 is 2.76 bits per heavy atom. The molecule has 0 saturated heterocycles. The van der Waals surface area contributed by atoms with Crippen LogP contribution in [-0.2, 0) is 17.8 Å². The van der Waals surface area contributed by atoms with Gasteiger partial charge in [0.05, 0.1) is 6.54 Å². The Morgan fingerprint density at radius 1 is 1.40 bits per heavy atom. The minimum absolute atomic E-state index is 0.179. The van der Waals surface area contributed by atoms with Gasteiger partial charge >= 0.3 is 0 Å². The molecule has 2 aromatic rings. The molecule has 1 atom stereocenters. The van der Waals surface area contributed by atoms with E-state index in [2.05, 4.69) is 48.5 Å². The number of benzene rings is 1. The van der Waals surface area contributed by atoms with Gasteiger partial charge in [-0.25, -0.2) is 0 Å². The zero-order chi connectivity index (χ0) is 18.2. The van der Waals surface area contributed by atoms with Gasteiger partial charge in [-0.3, -0.25) is 4.99 Å². The minimum atomic E-state index is -0.179.